The van der Waals surface area contributed by atoms with E-state index in [1.54, 1.807) is 24.7 Å². The molecule has 0 saturated carbocycles. The molecule has 1 aliphatic heterocycles. The summed E-state index contributed by atoms with van der Waals surface area (Å²) >= 11 is 0. The summed E-state index contributed by atoms with van der Waals surface area (Å²) in [5, 5.41) is 3.37. The van der Waals surface area contributed by atoms with Gasteiger partial charge in [0, 0.05) is 38.9 Å². The minimum Gasteiger partial charge on any atom is -0.337 e. The number of aromatic nitrogens is 2. The smallest absolute Gasteiger partial charge is 0.262 e. The Hall–Kier alpha value is -0.630. The Morgan fingerprint density at radius 1 is 1.50 bits per heavy atom. The number of halogens is 1. The fourth-order valence-electron chi connectivity index (χ4n) is 1.90. The highest BCUT2D eigenvalue weighted by Crippen LogP contribution is 2.16. The van der Waals surface area contributed by atoms with Gasteiger partial charge in [-0.15, -0.1) is 12.4 Å². The van der Waals surface area contributed by atoms with Crippen molar-refractivity contribution in [3.63, 3.8) is 0 Å². The Bertz CT molecular complexity index is 494. The predicted octanol–water partition coefficient (Wildman–Crippen LogP) is 0.133. The van der Waals surface area contributed by atoms with Crippen LogP contribution in [0.1, 0.15) is 12.7 Å². The van der Waals surface area contributed by atoms with Gasteiger partial charge in [0.1, 0.15) is 5.82 Å². The number of hydrogen-bond donors (Lipinski definition) is 1. The van der Waals surface area contributed by atoms with Crippen molar-refractivity contribution in [2.45, 2.75) is 24.9 Å². The Morgan fingerprint density at radius 2 is 2.17 bits per heavy atom. The molecular weight excluding hydrogens is 276 g/mol. The molecule has 8 heteroatoms. The first-order chi connectivity index (χ1) is 7.91. The summed E-state index contributed by atoms with van der Waals surface area (Å²) in [6.07, 6.45) is 1.57. The molecule has 1 fully saturated rings. The third-order valence-corrected chi connectivity index (χ3v) is 4.76. The summed E-state index contributed by atoms with van der Waals surface area (Å²) in [5.41, 5.74) is 0. The summed E-state index contributed by atoms with van der Waals surface area (Å²) in [5.74, 6) is 0.701. The fraction of sp³-hybridized carbons (Fsp3) is 0.700. The zero-order valence-corrected chi connectivity index (χ0v) is 12.4. The average molecular weight is 295 g/mol. The SMILES string of the molecule is Cc1nc(S(=O)(=O)N2CCN[C@@H](C)C2)cn1C.Cl. The van der Waals surface area contributed by atoms with Crippen LogP contribution in [-0.2, 0) is 17.1 Å². The summed E-state index contributed by atoms with van der Waals surface area (Å²) in [7, 11) is -1.64. The second-order valence-electron chi connectivity index (χ2n) is 4.46. The Balaban J connectivity index is 0.00000162. The number of sulfonamides is 1. The first-order valence-electron chi connectivity index (χ1n) is 5.65. The van der Waals surface area contributed by atoms with Crippen LogP contribution in [0.25, 0.3) is 0 Å². The van der Waals surface area contributed by atoms with Crippen LogP contribution in [0.5, 0.6) is 0 Å². The highest BCUT2D eigenvalue weighted by Gasteiger charge is 2.30. The fourth-order valence-corrected chi connectivity index (χ4v) is 3.45. The van der Waals surface area contributed by atoms with Crippen molar-refractivity contribution in [3.8, 4) is 0 Å². The summed E-state index contributed by atoms with van der Waals surface area (Å²) in [6.45, 7) is 5.46. The number of nitrogens with one attached hydrogen (secondary N) is 1. The van der Waals surface area contributed by atoms with Crippen molar-refractivity contribution in [1.29, 1.82) is 0 Å². The van der Waals surface area contributed by atoms with Crippen molar-refractivity contribution in [2.24, 2.45) is 7.05 Å². The van der Waals surface area contributed by atoms with Gasteiger partial charge < -0.3 is 9.88 Å². The van der Waals surface area contributed by atoms with E-state index in [-0.39, 0.29) is 23.5 Å². The maximum atomic E-state index is 12.3. The van der Waals surface area contributed by atoms with Crippen LogP contribution < -0.4 is 5.32 Å². The molecule has 1 saturated heterocycles. The standard InChI is InChI=1S/C10H18N4O2S.ClH/c1-8-6-14(5-4-11-8)17(15,16)10-7-13(3)9(2)12-10;/h7-8,11H,4-6H2,1-3H3;1H/t8-;/m0./s1. The molecule has 0 bridgehead atoms. The molecule has 2 heterocycles. The zero-order chi connectivity index (χ0) is 12.6. The molecule has 1 N–H and O–H groups in total. The highest BCUT2D eigenvalue weighted by atomic mass is 35.5. The van der Waals surface area contributed by atoms with Gasteiger partial charge in [0.25, 0.3) is 10.0 Å². The quantitative estimate of drug-likeness (QED) is 0.842. The van der Waals surface area contributed by atoms with Crippen LogP contribution >= 0.6 is 12.4 Å². The van der Waals surface area contributed by atoms with Crippen LogP contribution in [0, 0.1) is 6.92 Å². The summed E-state index contributed by atoms with van der Waals surface area (Å²) < 4.78 is 27.9. The summed E-state index contributed by atoms with van der Waals surface area (Å²) in [6, 6.07) is 0.184. The first kappa shape index (κ1) is 15.4. The molecule has 1 atom stereocenters. The van der Waals surface area contributed by atoms with E-state index in [0.717, 1.165) is 0 Å². The van der Waals surface area contributed by atoms with Gasteiger partial charge in [0.15, 0.2) is 5.03 Å². The lowest BCUT2D eigenvalue weighted by Gasteiger charge is -2.30. The highest BCUT2D eigenvalue weighted by molar-refractivity contribution is 7.89. The second-order valence-corrected chi connectivity index (χ2v) is 6.34. The van der Waals surface area contributed by atoms with Gasteiger partial charge in [-0.2, -0.15) is 4.31 Å². The maximum absolute atomic E-state index is 12.3. The topological polar surface area (TPSA) is 67.2 Å². The van der Waals surface area contributed by atoms with Crippen LogP contribution in [0.2, 0.25) is 0 Å². The Kier molecular flexibility index (Phi) is 4.77. The van der Waals surface area contributed by atoms with Gasteiger partial charge in [0.2, 0.25) is 0 Å². The monoisotopic (exact) mass is 294 g/mol. The van der Waals surface area contributed by atoms with E-state index in [2.05, 4.69) is 10.3 Å². The third kappa shape index (κ3) is 2.85. The van der Waals surface area contributed by atoms with E-state index >= 15 is 0 Å². The molecule has 0 spiro atoms. The Morgan fingerprint density at radius 3 is 2.67 bits per heavy atom. The molecule has 2 rings (SSSR count). The number of aryl methyl sites for hydroxylation is 2. The van der Waals surface area contributed by atoms with Gasteiger partial charge >= 0.3 is 0 Å². The van der Waals surface area contributed by atoms with Gasteiger partial charge in [0.05, 0.1) is 0 Å². The third-order valence-electron chi connectivity index (χ3n) is 3.02. The molecule has 0 amide bonds. The maximum Gasteiger partial charge on any atom is 0.262 e. The van der Waals surface area contributed by atoms with E-state index in [1.807, 2.05) is 6.92 Å². The van der Waals surface area contributed by atoms with Crippen molar-refractivity contribution >= 4 is 22.4 Å². The van der Waals surface area contributed by atoms with Gasteiger partial charge in [-0.25, -0.2) is 13.4 Å². The molecule has 0 radical (unpaired) electrons. The molecule has 0 aromatic carbocycles. The largest absolute Gasteiger partial charge is 0.337 e. The van der Waals surface area contributed by atoms with Crippen molar-refractivity contribution in [3.05, 3.63) is 12.0 Å². The van der Waals surface area contributed by atoms with Crippen molar-refractivity contribution in [2.75, 3.05) is 19.6 Å². The lowest BCUT2D eigenvalue weighted by molar-refractivity contribution is 0.309. The van der Waals surface area contributed by atoms with E-state index in [4.69, 9.17) is 0 Å². The van der Waals surface area contributed by atoms with Crippen molar-refractivity contribution in [1.82, 2.24) is 19.2 Å². The van der Waals surface area contributed by atoms with E-state index in [9.17, 15) is 8.42 Å². The van der Waals surface area contributed by atoms with Gasteiger partial charge in [-0.3, -0.25) is 0 Å². The van der Waals surface area contributed by atoms with Gasteiger partial charge in [-0.1, -0.05) is 0 Å². The number of imidazole rings is 1. The summed E-state index contributed by atoms with van der Waals surface area (Å²) in [4.78, 5) is 4.10. The first-order valence-corrected chi connectivity index (χ1v) is 7.09. The van der Waals surface area contributed by atoms with Crippen LogP contribution in [0.3, 0.4) is 0 Å². The van der Waals surface area contributed by atoms with Crippen LogP contribution in [0.15, 0.2) is 11.2 Å². The molecular formula is C10H19ClN4O2S. The lowest BCUT2D eigenvalue weighted by atomic mass is 10.3. The van der Waals surface area contributed by atoms with E-state index in [0.29, 0.717) is 25.5 Å². The molecule has 18 heavy (non-hydrogen) atoms. The van der Waals surface area contributed by atoms with Crippen LogP contribution in [0.4, 0.5) is 0 Å². The normalized spacial score (nSPS) is 21.6. The molecule has 0 unspecified atom stereocenters. The molecule has 1 aromatic heterocycles. The lowest BCUT2D eigenvalue weighted by Crippen LogP contribution is -2.51. The van der Waals surface area contributed by atoms with Gasteiger partial charge in [-0.05, 0) is 13.8 Å². The second kappa shape index (κ2) is 5.56. The van der Waals surface area contributed by atoms with Crippen LogP contribution in [-0.4, -0.2) is 48.0 Å². The Labute approximate surface area is 114 Å². The number of nitrogens with zero attached hydrogens (tertiary/aromatic N) is 3. The van der Waals surface area contributed by atoms with E-state index < -0.39 is 10.0 Å². The molecule has 1 aromatic rings. The molecule has 104 valence electrons. The number of piperazine rings is 1. The molecule has 1 aliphatic rings. The molecule has 6 nitrogen and oxygen atoms in total. The zero-order valence-electron chi connectivity index (χ0n) is 10.8. The van der Waals surface area contributed by atoms with E-state index in [1.165, 1.54) is 4.31 Å². The average Bonchev–Trinajstić information content (AvgIpc) is 2.60. The number of rotatable bonds is 2. The minimum absolute atomic E-state index is 0. The molecule has 0 aliphatic carbocycles. The predicted molar refractivity (Wildman–Crippen MR) is 71.4 cm³/mol. The van der Waals surface area contributed by atoms with Crippen molar-refractivity contribution < 1.29 is 8.42 Å². The minimum atomic E-state index is -3.44. The number of hydrogen-bond acceptors (Lipinski definition) is 4.